The summed E-state index contributed by atoms with van der Waals surface area (Å²) in [6.07, 6.45) is 8.38. The maximum Gasteiger partial charge on any atom is 0.146 e. The summed E-state index contributed by atoms with van der Waals surface area (Å²) in [5.41, 5.74) is 0.979. The predicted molar refractivity (Wildman–Crippen MR) is 74.9 cm³/mol. The number of hydrogen-bond donors (Lipinski definition) is 0. The zero-order valence-electron chi connectivity index (χ0n) is 11.4. The van der Waals surface area contributed by atoms with E-state index in [-0.39, 0.29) is 5.82 Å². The number of aromatic nitrogens is 1. The zero-order chi connectivity index (χ0) is 13.2. The topological polar surface area (TPSA) is 14.2 Å². The third kappa shape index (κ3) is 2.60. The van der Waals surface area contributed by atoms with Crippen molar-refractivity contribution in [3.8, 4) is 5.75 Å². The van der Waals surface area contributed by atoms with Gasteiger partial charge in [-0.2, -0.15) is 0 Å². The summed E-state index contributed by atoms with van der Waals surface area (Å²) in [5, 5.41) is 0.901. The quantitative estimate of drug-likeness (QED) is 0.801. The van der Waals surface area contributed by atoms with E-state index in [4.69, 9.17) is 4.74 Å². The van der Waals surface area contributed by atoms with Crippen LogP contribution in [-0.4, -0.2) is 11.2 Å². The van der Waals surface area contributed by atoms with E-state index in [1.54, 1.807) is 6.07 Å². The fraction of sp³-hybridized carbons (Fsp3) is 0.500. The summed E-state index contributed by atoms with van der Waals surface area (Å²) >= 11 is 0. The summed E-state index contributed by atoms with van der Waals surface area (Å²) < 4.78 is 21.4. The molecule has 0 N–H and O–H groups in total. The molecule has 3 rings (SSSR count). The van der Waals surface area contributed by atoms with Crippen LogP contribution in [0.1, 0.15) is 32.1 Å². The number of aryl methyl sites for hydroxylation is 1. The van der Waals surface area contributed by atoms with Gasteiger partial charge < -0.3 is 9.30 Å². The monoisotopic (exact) mass is 261 g/mol. The fourth-order valence-corrected chi connectivity index (χ4v) is 3.11. The first-order valence-corrected chi connectivity index (χ1v) is 7.11. The lowest BCUT2D eigenvalue weighted by atomic mass is 10.1. The van der Waals surface area contributed by atoms with E-state index in [2.05, 4.69) is 0 Å². The second-order valence-electron chi connectivity index (χ2n) is 5.56. The molecule has 0 atom stereocenters. The lowest BCUT2D eigenvalue weighted by molar-refractivity contribution is 0.280. The molecule has 0 radical (unpaired) electrons. The lowest BCUT2D eigenvalue weighted by Gasteiger charge is -2.12. The van der Waals surface area contributed by atoms with Crippen LogP contribution < -0.4 is 4.74 Å². The van der Waals surface area contributed by atoms with Crippen LogP contribution >= 0.6 is 0 Å². The van der Waals surface area contributed by atoms with Gasteiger partial charge in [-0.15, -0.1) is 0 Å². The number of hydrogen-bond acceptors (Lipinski definition) is 1. The van der Waals surface area contributed by atoms with E-state index >= 15 is 0 Å². The summed E-state index contributed by atoms with van der Waals surface area (Å²) in [5.74, 6) is 1.24. The van der Waals surface area contributed by atoms with Gasteiger partial charge >= 0.3 is 0 Å². The Morgan fingerprint density at radius 2 is 2.11 bits per heavy atom. The molecule has 19 heavy (non-hydrogen) atoms. The smallest absolute Gasteiger partial charge is 0.146 e. The average Bonchev–Trinajstić information content (AvgIpc) is 2.99. The Labute approximate surface area is 113 Å². The second-order valence-corrected chi connectivity index (χ2v) is 5.56. The highest BCUT2D eigenvalue weighted by atomic mass is 19.1. The summed E-state index contributed by atoms with van der Waals surface area (Å²) in [4.78, 5) is 0. The van der Waals surface area contributed by atoms with Crippen molar-refractivity contribution >= 4 is 10.9 Å². The van der Waals surface area contributed by atoms with Crippen molar-refractivity contribution in [3.63, 3.8) is 0 Å². The molecular weight excluding hydrogens is 241 g/mol. The van der Waals surface area contributed by atoms with Crippen LogP contribution in [-0.2, 0) is 7.05 Å². The molecule has 0 saturated heterocycles. The Bertz CT molecular complexity index is 569. The molecule has 1 fully saturated rings. The van der Waals surface area contributed by atoms with Crippen molar-refractivity contribution in [3.05, 3.63) is 30.2 Å². The largest absolute Gasteiger partial charge is 0.491 e. The Hall–Kier alpha value is -1.51. The van der Waals surface area contributed by atoms with Crippen molar-refractivity contribution in [1.82, 2.24) is 4.57 Å². The van der Waals surface area contributed by atoms with E-state index in [1.165, 1.54) is 31.7 Å². The molecule has 0 amide bonds. The van der Waals surface area contributed by atoms with Crippen LogP contribution in [0.3, 0.4) is 0 Å². The molecule has 1 aromatic heterocycles. The van der Waals surface area contributed by atoms with Gasteiger partial charge in [0, 0.05) is 24.7 Å². The highest BCUT2D eigenvalue weighted by Crippen LogP contribution is 2.30. The molecule has 1 aromatic carbocycles. The van der Waals surface area contributed by atoms with Crippen LogP contribution in [0.4, 0.5) is 4.39 Å². The van der Waals surface area contributed by atoms with Gasteiger partial charge in [-0.25, -0.2) is 4.39 Å². The maximum absolute atomic E-state index is 13.5. The molecule has 0 spiro atoms. The first-order chi connectivity index (χ1) is 9.24. The number of rotatable bonds is 4. The van der Waals surface area contributed by atoms with Crippen LogP contribution in [0.2, 0.25) is 0 Å². The van der Waals surface area contributed by atoms with Crippen LogP contribution in [0.5, 0.6) is 5.75 Å². The second kappa shape index (κ2) is 5.24. The molecule has 1 aliphatic carbocycles. The highest BCUT2D eigenvalue weighted by molar-refractivity contribution is 5.86. The normalized spacial score (nSPS) is 16.3. The van der Waals surface area contributed by atoms with Crippen LogP contribution in [0.15, 0.2) is 24.4 Å². The minimum Gasteiger partial charge on any atom is -0.491 e. The minimum atomic E-state index is -0.227. The van der Waals surface area contributed by atoms with E-state index in [1.807, 2.05) is 23.9 Å². The minimum absolute atomic E-state index is 0.227. The van der Waals surface area contributed by atoms with Gasteiger partial charge in [0.2, 0.25) is 0 Å². The van der Waals surface area contributed by atoms with Gasteiger partial charge in [0.25, 0.3) is 0 Å². The van der Waals surface area contributed by atoms with Gasteiger partial charge in [0.1, 0.15) is 11.6 Å². The third-order valence-corrected chi connectivity index (χ3v) is 4.16. The Kier molecular flexibility index (Phi) is 3.45. The number of ether oxygens (including phenoxy) is 1. The first-order valence-electron chi connectivity index (χ1n) is 7.11. The van der Waals surface area contributed by atoms with Crippen LogP contribution in [0.25, 0.3) is 10.9 Å². The molecule has 1 aliphatic rings. The molecule has 0 bridgehead atoms. The Morgan fingerprint density at radius 1 is 1.32 bits per heavy atom. The van der Waals surface area contributed by atoms with E-state index in [0.717, 1.165) is 23.2 Å². The highest BCUT2D eigenvalue weighted by Gasteiger charge is 2.15. The van der Waals surface area contributed by atoms with Crippen molar-refractivity contribution in [2.24, 2.45) is 13.0 Å². The molecule has 102 valence electrons. The van der Waals surface area contributed by atoms with Gasteiger partial charge in [0.15, 0.2) is 0 Å². The van der Waals surface area contributed by atoms with Gasteiger partial charge in [-0.3, -0.25) is 0 Å². The van der Waals surface area contributed by atoms with Crippen molar-refractivity contribution in [1.29, 1.82) is 0 Å². The SMILES string of the molecule is Cn1ccc2cc(F)cc(OCCC3CCCC3)c21. The van der Waals surface area contributed by atoms with Gasteiger partial charge in [-0.05, 0) is 24.5 Å². The Morgan fingerprint density at radius 3 is 2.89 bits per heavy atom. The molecule has 0 unspecified atom stereocenters. The standard InChI is InChI=1S/C16H20FNO/c1-18-8-6-13-10-14(17)11-15(16(13)18)19-9-7-12-4-2-3-5-12/h6,8,10-12H,2-5,7,9H2,1H3. The zero-order valence-corrected chi connectivity index (χ0v) is 11.4. The molecular formula is C16H20FNO. The summed E-state index contributed by atoms with van der Waals surface area (Å²) in [6.45, 7) is 0.689. The third-order valence-electron chi connectivity index (χ3n) is 4.16. The molecule has 1 saturated carbocycles. The number of nitrogens with zero attached hydrogens (tertiary/aromatic N) is 1. The average molecular weight is 261 g/mol. The van der Waals surface area contributed by atoms with Crippen molar-refractivity contribution in [2.45, 2.75) is 32.1 Å². The van der Waals surface area contributed by atoms with E-state index < -0.39 is 0 Å². The van der Waals surface area contributed by atoms with Gasteiger partial charge in [-0.1, -0.05) is 25.7 Å². The lowest BCUT2D eigenvalue weighted by Crippen LogP contribution is -2.05. The Balaban J connectivity index is 1.74. The van der Waals surface area contributed by atoms with E-state index in [0.29, 0.717) is 12.4 Å². The fourth-order valence-electron chi connectivity index (χ4n) is 3.11. The predicted octanol–water partition coefficient (Wildman–Crippen LogP) is 4.28. The molecule has 2 aromatic rings. The summed E-state index contributed by atoms with van der Waals surface area (Å²) in [7, 11) is 1.96. The van der Waals surface area contributed by atoms with Crippen LogP contribution in [0, 0.1) is 11.7 Å². The first kappa shape index (κ1) is 12.5. The van der Waals surface area contributed by atoms with Crippen molar-refractivity contribution in [2.75, 3.05) is 6.61 Å². The molecule has 3 heteroatoms. The van der Waals surface area contributed by atoms with Gasteiger partial charge in [0.05, 0.1) is 12.1 Å². The maximum atomic E-state index is 13.5. The number of halogens is 1. The number of fused-ring (bicyclic) bond motifs is 1. The molecule has 0 aliphatic heterocycles. The molecule has 1 heterocycles. The van der Waals surface area contributed by atoms with Crippen molar-refractivity contribution < 1.29 is 9.13 Å². The number of benzene rings is 1. The van der Waals surface area contributed by atoms with E-state index in [9.17, 15) is 4.39 Å². The summed E-state index contributed by atoms with van der Waals surface area (Å²) in [6, 6.07) is 4.97. The molecule has 2 nitrogen and oxygen atoms in total.